The summed E-state index contributed by atoms with van der Waals surface area (Å²) in [5.41, 5.74) is -1.97. The highest BCUT2D eigenvalue weighted by atomic mass is 32.2. The fourth-order valence-electron chi connectivity index (χ4n) is 1.40. The monoisotopic (exact) mass is 311 g/mol. The average molecular weight is 311 g/mol. The molecule has 0 aliphatic rings. The Kier molecular flexibility index (Phi) is 4.52. The molecule has 0 unspecified atom stereocenters. The number of sulfonamides is 1. The lowest BCUT2D eigenvalue weighted by Gasteiger charge is -2.32. The van der Waals surface area contributed by atoms with E-state index in [1.165, 1.54) is 20.9 Å². The molecule has 0 atom stereocenters. The van der Waals surface area contributed by atoms with Gasteiger partial charge >= 0.3 is 6.18 Å². The van der Waals surface area contributed by atoms with Gasteiger partial charge in [0, 0.05) is 7.05 Å². The molecule has 1 aromatic rings. The topological polar surface area (TPSA) is 57.6 Å². The molecular weight excluding hydrogens is 295 g/mol. The summed E-state index contributed by atoms with van der Waals surface area (Å²) >= 11 is 0. The quantitative estimate of drug-likeness (QED) is 0.926. The van der Waals surface area contributed by atoms with Crippen molar-refractivity contribution in [3.8, 4) is 0 Å². The maximum absolute atomic E-state index is 12.4. The van der Waals surface area contributed by atoms with Gasteiger partial charge in [0.05, 0.1) is 22.6 Å². The Bertz CT molecular complexity index is 565. The first kappa shape index (κ1) is 16.9. The third-order valence-electron chi connectivity index (χ3n) is 3.08. The normalized spacial score (nSPS) is 13.8. The van der Waals surface area contributed by atoms with Gasteiger partial charge in [0.15, 0.2) is 0 Å². The third-order valence-corrected chi connectivity index (χ3v) is 5.16. The first-order valence-corrected chi connectivity index (χ1v) is 7.14. The molecule has 1 rings (SSSR count). The van der Waals surface area contributed by atoms with Crippen LogP contribution in [0.25, 0.3) is 0 Å². The van der Waals surface area contributed by atoms with Crippen LogP contribution < -0.4 is 0 Å². The van der Waals surface area contributed by atoms with E-state index in [1.54, 1.807) is 0 Å². The highest BCUT2D eigenvalue weighted by Crippen LogP contribution is 2.30. The predicted octanol–water partition coefficient (Wildman–Crippen LogP) is 2.10. The van der Waals surface area contributed by atoms with Gasteiger partial charge in [-0.15, -0.1) is 0 Å². The molecule has 0 aromatic heterocycles. The summed E-state index contributed by atoms with van der Waals surface area (Å²) in [6, 6.07) is 3.24. The van der Waals surface area contributed by atoms with Crippen LogP contribution in [-0.4, -0.2) is 37.0 Å². The van der Waals surface area contributed by atoms with Gasteiger partial charge in [-0.1, -0.05) is 0 Å². The number of benzene rings is 1. The van der Waals surface area contributed by atoms with E-state index >= 15 is 0 Å². The van der Waals surface area contributed by atoms with E-state index in [-0.39, 0.29) is 4.90 Å². The van der Waals surface area contributed by atoms with Gasteiger partial charge in [0.1, 0.15) is 0 Å². The number of alkyl halides is 3. The summed E-state index contributed by atoms with van der Waals surface area (Å²) in [5, 5.41) is 9.17. The zero-order valence-electron chi connectivity index (χ0n) is 11.3. The van der Waals surface area contributed by atoms with Crippen LogP contribution in [0.4, 0.5) is 13.2 Å². The van der Waals surface area contributed by atoms with E-state index in [1.807, 2.05) is 0 Å². The van der Waals surface area contributed by atoms with Gasteiger partial charge in [-0.2, -0.15) is 17.5 Å². The Balaban J connectivity index is 3.18. The zero-order valence-corrected chi connectivity index (χ0v) is 12.1. The van der Waals surface area contributed by atoms with Gasteiger partial charge < -0.3 is 5.11 Å². The highest BCUT2D eigenvalue weighted by molar-refractivity contribution is 7.89. The number of likely N-dealkylation sites (N-methyl/N-ethyl adjacent to an activating group) is 1. The van der Waals surface area contributed by atoms with Crippen LogP contribution >= 0.6 is 0 Å². The lowest BCUT2D eigenvalue weighted by atomic mass is 10.1. The summed E-state index contributed by atoms with van der Waals surface area (Å²) in [5.74, 6) is 0. The standard InChI is InChI=1S/C12H16F3NO3S/c1-11(2,8-17)16(3)20(18,19)10-6-4-9(5-7-10)12(13,14)15/h4-7,17H,8H2,1-3H3. The number of hydrogen-bond acceptors (Lipinski definition) is 3. The maximum Gasteiger partial charge on any atom is 0.416 e. The second-order valence-corrected chi connectivity index (χ2v) is 6.93. The van der Waals surface area contributed by atoms with Crippen LogP contribution in [0.3, 0.4) is 0 Å². The first-order valence-electron chi connectivity index (χ1n) is 5.70. The Hall–Kier alpha value is -1.12. The van der Waals surface area contributed by atoms with Crippen LogP contribution in [0.5, 0.6) is 0 Å². The van der Waals surface area contributed by atoms with Gasteiger partial charge in [-0.3, -0.25) is 0 Å². The van der Waals surface area contributed by atoms with E-state index in [0.717, 1.165) is 16.4 Å². The lowest BCUT2D eigenvalue weighted by Crippen LogP contribution is -2.47. The summed E-state index contributed by atoms with van der Waals surface area (Å²) in [4.78, 5) is -0.255. The molecule has 0 bridgehead atoms. The minimum absolute atomic E-state index is 0.255. The molecule has 0 heterocycles. The van der Waals surface area contributed by atoms with E-state index < -0.39 is 33.9 Å². The van der Waals surface area contributed by atoms with Crippen molar-refractivity contribution < 1.29 is 26.7 Å². The second kappa shape index (κ2) is 5.34. The SMILES string of the molecule is CN(C(C)(C)CO)S(=O)(=O)c1ccc(C(F)(F)F)cc1. The van der Waals surface area contributed by atoms with Crippen molar-refractivity contribution in [2.24, 2.45) is 0 Å². The van der Waals surface area contributed by atoms with Crippen molar-refractivity contribution in [1.82, 2.24) is 4.31 Å². The molecule has 0 fully saturated rings. The summed E-state index contributed by atoms with van der Waals surface area (Å²) in [7, 11) is -2.70. The molecule has 1 N–H and O–H groups in total. The van der Waals surface area contributed by atoms with Crippen LogP contribution in [0.1, 0.15) is 19.4 Å². The fourth-order valence-corrected chi connectivity index (χ4v) is 2.90. The van der Waals surface area contributed by atoms with Crippen LogP contribution in [0, 0.1) is 0 Å². The summed E-state index contributed by atoms with van der Waals surface area (Å²) < 4.78 is 62.7. The molecule has 1 aromatic carbocycles. The molecule has 4 nitrogen and oxygen atoms in total. The van der Waals surface area contributed by atoms with Crippen LogP contribution in [0.2, 0.25) is 0 Å². The molecular formula is C12H16F3NO3S. The van der Waals surface area contributed by atoms with Crippen molar-refractivity contribution >= 4 is 10.0 Å². The number of nitrogens with zero attached hydrogens (tertiary/aromatic N) is 1. The minimum atomic E-state index is -4.52. The molecule has 114 valence electrons. The molecule has 8 heteroatoms. The Morgan fingerprint density at radius 3 is 1.95 bits per heavy atom. The van der Waals surface area contributed by atoms with Gasteiger partial charge in [0.25, 0.3) is 0 Å². The number of aliphatic hydroxyl groups excluding tert-OH is 1. The number of halogens is 3. The number of rotatable bonds is 4. The van der Waals surface area contributed by atoms with Crippen molar-refractivity contribution in [3.63, 3.8) is 0 Å². The highest BCUT2D eigenvalue weighted by Gasteiger charge is 2.35. The maximum atomic E-state index is 12.4. The largest absolute Gasteiger partial charge is 0.416 e. The zero-order chi connectivity index (χ0) is 15.8. The fraction of sp³-hybridized carbons (Fsp3) is 0.500. The van der Waals surface area contributed by atoms with Gasteiger partial charge in [-0.25, -0.2) is 8.42 Å². The predicted molar refractivity (Wildman–Crippen MR) is 67.6 cm³/mol. The first-order chi connectivity index (χ1) is 8.93. The Morgan fingerprint density at radius 2 is 1.60 bits per heavy atom. The minimum Gasteiger partial charge on any atom is -0.394 e. The van der Waals surface area contributed by atoms with Crippen LogP contribution in [-0.2, 0) is 16.2 Å². The molecule has 20 heavy (non-hydrogen) atoms. The third kappa shape index (κ3) is 3.31. The Labute approximate surface area is 115 Å². The lowest BCUT2D eigenvalue weighted by molar-refractivity contribution is -0.137. The molecule has 0 aliphatic carbocycles. The molecule has 0 saturated carbocycles. The second-order valence-electron chi connectivity index (χ2n) is 4.97. The van der Waals surface area contributed by atoms with Gasteiger partial charge in [0.2, 0.25) is 10.0 Å². The molecule has 0 radical (unpaired) electrons. The smallest absolute Gasteiger partial charge is 0.394 e. The van der Waals surface area contributed by atoms with E-state index in [2.05, 4.69) is 0 Å². The van der Waals surface area contributed by atoms with E-state index in [4.69, 9.17) is 0 Å². The van der Waals surface area contributed by atoms with Crippen LogP contribution in [0.15, 0.2) is 29.2 Å². The van der Waals surface area contributed by atoms with Crippen molar-refractivity contribution in [2.75, 3.05) is 13.7 Å². The van der Waals surface area contributed by atoms with E-state index in [0.29, 0.717) is 12.1 Å². The molecule has 0 aliphatic heterocycles. The van der Waals surface area contributed by atoms with Gasteiger partial charge in [-0.05, 0) is 38.1 Å². The average Bonchev–Trinajstić information content (AvgIpc) is 2.37. The number of aliphatic hydroxyl groups is 1. The molecule has 0 amide bonds. The molecule has 0 spiro atoms. The molecule has 0 saturated heterocycles. The van der Waals surface area contributed by atoms with E-state index in [9.17, 15) is 26.7 Å². The Morgan fingerprint density at radius 1 is 1.15 bits per heavy atom. The van der Waals surface area contributed by atoms with Crippen molar-refractivity contribution in [1.29, 1.82) is 0 Å². The summed E-state index contributed by atoms with van der Waals surface area (Å²) in [6.07, 6.45) is -4.52. The number of hydrogen-bond donors (Lipinski definition) is 1. The summed E-state index contributed by atoms with van der Waals surface area (Å²) in [6.45, 7) is 2.60. The van der Waals surface area contributed by atoms with Crippen molar-refractivity contribution in [2.45, 2.75) is 30.5 Å². The van der Waals surface area contributed by atoms with Crippen molar-refractivity contribution in [3.05, 3.63) is 29.8 Å².